The van der Waals surface area contributed by atoms with E-state index in [0.717, 1.165) is 18.0 Å². The van der Waals surface area contributed by atoms with Crippen LogP contribution >= 0.6 is 0 Å². The summed E-state index contributed by atoms with van der Waals surface area (Å²) < 4.78 is 0. The van der Waals surface area contributed by atoms with Crippen LogP contribution in [0, 0.1) is 5.92 Å². The summed E-state index contributed by atoms with van der Waals surface area (Å²) >= 11 is 0. The van der Waals surface area contributed by atoms with Crippen molar-refractivity contribution in [2.75, 3.05) is 39.3 Å². The zero-order chi connectivity index (χ0) is 14.4. The Labute approximate surface area is 126 Å². The maximum absolute atomic E-state index is 3.60. The molecule has 0 aromatic carbocycles. The summed E-state index contributed by atoms with van der Waals surface area (Å²) in [4.78, 5) is 5.52. The van der Waals surface area contributed by atoms with Crippen LogP contribution in [0.1, 0.15) is 52.9 Å². The Morgan fingerprint density at radius 3 is 2.45 bits per heavy atom. The molecule has 0 saturated carbocycles. The lowest BCUT2D eigenvalue weighted by Gasteiger charge is -2.44. The van der Waals surface area contributed by atoms with Crippen LogP contribution in [0.3, 0.4) is 0 Å². The highest BCUT2D eigenvalue weighted by Gasteiger charge is 2.29. The van der Waals surface area contributed by atoms with E-state index >= 15 is 0 Å². The predicted molar refractivity (Wildman–Crippen MR) is 87.2 cm³/mol. The van der Waals surface area contributed by atoms with Gasteiger partial charge >= 0.3 is 0 Å². The zero-order valence-electron chi connectivity index (χ0n) is 13.9. The number of nitrogens with zero attached hydrogens (tertiary/aromatic N) is 2. The SMILES string of the molecule is CCCN(C1CCN(CC(C)C)CC1)C1CCCNC1. The Morgan fingerprint density at radius 1 is 1.15 bits per heavy atom. The lowest BCUT2D eigenvalue weighted by atomic mass is 9.97. The largest absolute Gasteiger partial charge is 0.315 e. The lowest BCUT2D eigenvalue weighted by Crippen LogP contribution is -2.54. The van der Waals surface area contributed by atoms with E-state index in [1.54, 1.807) is 0 Å². The minimum absolute atomic E-state index is 0.797. The molecule has 2 saturated heterocycles. The molecule has 2 aliphatic rings. The van der Waals surface area contributed by atoms with Crippen molar-refractivity contribution < 1.29 is 0 Å². The van der Waals surface area contributed by atoms with Crippen molar-refractivity contribution in [2.45, 2.75) is 65.0 Å². The maximum atomic E-state index is 3.60. The monoisotopic (exact) mass is 281 g/mol. The second-order valence-corrected chi connectivity index (χ2v) is 7.16. The first kappa shape index (κ1) is 16.3. The number of hydrogen-bond donors (Lipinski definition) is 1. The standard InChI is InChI=1S/C17H35N3/c1-4-10-20(17-6-5-9-18-13-17)16-7-11-19(12-8-16)14-15(2)3/h15-18H,4-14H2,1-3H3. The van der Waals surface area contributed by atoms with Crippen molar-refractivity contribution in [3.63, 3.8) is 0 Å². The molecule has 0 radical (unpaired) electrons. The molecule has 20 heavy (non-hydrogen) atoms. The van der Waals surface area contributed by atoms with Crippen molar-refractivity contribution in [3.8, 4) is 0 Å². The molecule has 0 spiro atoms. The van der Waals surface area contributed by atoms with Crippen molar-refractivity contribution in [2.24, 2.45) is 5.92 Å². The van der Waals surface area contributed by atoms with Gasteiger partial charge in [0.15, 0.2) is 0 Å². The molecular weight excluding hydrogens is 246 g/mol. The van der Waals surface area contributed by atoms with Gasteiger partial charge in [0, 0.05) is 25.2 Å². The third-order valence-electron chi connectivity index (χ3n) is 4.87. The van der Waals surface area contributed by atoms with E-state index in [9.17, 15) is 0 Å². The summed E-state index contributed by atoms with van der Waals surface area (Å²) in [5, 5.41) is 3.60. The van der Waals surface area contributed by atoms with Crippen LogP contribution in [-0.4, -0.2) is 61.2 Å². The molecule has 2 rings (SSSR count). The van der Waals surface area contributed by atoms with Crippen LogP contribution in [0.2, 0.25) is 0 Å². The fraction of sp³-hybridized carbons (Fsp3) is 1.00. The Morgan fingerprint density at radius 2 is 1.90 bits per heavy atom. The molecule has 118 valence electrons. The first-order valence-electron chi connectivity index (χ1n) is 8.89. The first-order valence-corrected chi connectivity index (χ1v) is 8.89. The van der Waals surface area contributed by atoms with E-state index in [-0.39, 0.29) is 0 Å². The highest BCUT2D eigenvalue weighted by atomic mass is 15.2. The van der Waals surface area contributed by atoms with Crippen LogP contribution < -0.4 is 5.32 Å². The van der Waals surface area contributed by atoms with Gasteiger partial charge in [-0.15, -0.1) is 0 Å². The minimum Gasteiger partial charge on any atom is -0.315 e. The van der Waals surface area contributed by atoms with Gasteiger partial charge < -0.3 is 10.2 Å². The van der Waals surface area contributed by atoms with Crippen molar-refractivity contribution >= 4 is 0 Å². The quantitative estimate of drug-likeness (QED) is 0.807. The predicted octanol–water partition coefficient (Wildman–Crippen LogP) is 2.57. The summed E-state index contributed by atoms with van der Waals surface area (Å²) in [6.07, 6.45) is 6.81. The van der Waals surface area contributed by atoms with Gasteiger partial charge in [-0.3, -0.25) is 4.90 Å². The van der Waals surface area contributed by atoms with Gasteiger partial charge in [-0.05, 0) is 64.2 Å². The molecule has 2 fully saturated rings. The molecule has 0 aliphatic carbocycles. The molecule has 1 unspecified atom stereocenters. The molecule has 0 aromatic heterocycles. The summed E-state index contributed by atoms with van der Waals surface area (Å²) in [6, 6.07) is 1.63. The fourth-order valence-corrected chi connectivity index (χ4v) is 3.99. The highest BCUT2D eigenvalue weighted by Crippen LogP contribution is 2.22. The Bertz CT molecular complexity index is 253. The maximum Gasteiger partial charge on any atom is 0.0224 e. The van der Waals surface area contributed by atoms with Crippen LogP contribution in [0.4, 0.5) is 0 Å². The van der Waals surface area contributed by atoms with Crippen molar-refractivity contribution in [3.05, 3.63) is 0 Å². The van der Waals surface area contributed by atoms with Gasteiger partial charge in [0.25, 0.3) is 0 Å². The fourth-order valence-electron chi connectivity index (χ4n) is 3.99. The van der Waals surface area contributed by atoms with E-state index in [1.807, 2.05) is 0 Å². The zero-order valence-corrected chi connectivity index (χ0v) is 13.9. The molecule has 3 heteroatoms. The molecule has 1 N–H and O–H groups in total. The van der Waals surface area contributed by atoms with Crippen LogP contribution in [0.5, 0.6) is 0 Å². The average Bonchev–Trinajstić information content (AvgIpc) is 2.46. The van der Waals surface area contributed by atoms with Gasteiger partial charge in [-0.25, -0.2) is 0 Å². The molecule has 0 amide bonds. The molecule has 0 aromatic rings. The second kappa shape index (κ2) is 8.35. The minimum atomic E-state index is 0.797. The van der Waals surface area contributed by atoms with Gasteiger partial charge in [0.2, 0.25) is 0 Å². The molecule has 3 nitrogen and oxygen atoms in total. The lowest BCUT2D eigenvalue weighted by molar-refractivity contribution is 0.0593. The Balaban J connectivity index is 1.84. The van der Waals surface area contributed by atoms with Crippen LogP contribution in [-0.2, 0) is 0 Å². The number of likely N-dealkylation sites (tertiary alicyclic amines) is 1. The average molecular weight is 281 g/mol. The summed E-state index contributed by atoms with van der Waals surface area (Å²) in [6.45, 7) is 14.6. The normalized spacial score (nSPS) is 26.6. The smallest absolute Gasteiger partial charge is 0.0224 e. The van der Waals surface area contributed by atoms with Crippen LogP contribution in [0.15, 0.2) is 0 Å². The number of piperidine rings is 2. The Hall–Kier alpha value is -0.120. The highest BCUT2D eigenvalue weighted by molar-refractivity contribution is 4.87. The van der Waals surface area contributed by atoms with Crippen LogP contribution in [0.25, 0.3) is 0 Å². The third-order valence-corrected chi connectivity index (χ3v) is 4.87. The first-order chi connectivity index (χ1) is 9.70. The van der Waals surface area contributed by atoms with E-state index in [1.165, 1.54) is 71.4 Å². The Kier molecular flexibility index (Phi) is 6.79. The van der Waals surface area contributed by atoms with E-state index in [0.29, 0.717) is 0 Å². The van der Waals surface area contributed by atoms with E-state index < -0.39 is 0 Å². The molecule has 0 bridgehead atoms. The molecule has 1 atom stereocenters. The summed E-state index contributed by atoms with van der Waals surface area (Å²) in [5.74, 6) is 0.806. The molecular formula is C17H35N3. The molecule has 2 heterocycles. The van der Waals surface area contributed by atoms with E-state index in [2.05, 4.69) is 35.9 Å². The van der Waals surface area contributed by atoms with Gasteiger partial charge in [0.05, 0.1) is 0 Å². The second-order valence-electron chi connectivity index (χ2n) is 7.16. The summed E-state index contributed by atoms with van der Waals surface area (Å²) in [5.41, 5.74) is 0. The third kappa shape index (κ3) is 4.71. The van der Waals surface area contributed by atoms with Crippen molar-refractivity contribution in [1.82, 2.24) is 15.1 Å². The molecule has 2 aliphatic heterocycles. The number of hydrogen-bond acceptors (Lipinski definition) is 3. The summed E-state index contributed by atoms with van der Waals surface area (Å²) in [7, 11) is 0. The van der Waals surface area contributed by atoms with E-state index in [4.69, 9.17) is 0 Å². The van der Waals surface area contributed by atoms with Gasteiger partial charge in [0.1, 0.15) is 0 Å². The van der Waals surface area contributed by atoms with Gasteiger partial charge in [-0.1, -0.05) is 20.8 Å². The number of nitrogens with one attached hydrogen (secondary N) is 1. The van der Waals surface area contributed by atoms with Crippen molar-refractivity contribution in [1.29, 1.82) is 0 Å². The topological polar surface area (TPSA) is 18.5 Å². The number of rotatable bonds is 6. The van der Waals surface area contributed by atoms with Gasteiger partial charge in [-0.2, -0.15) is 0 Å².